The molecule has 1 saturated heterocycles. The largest absolute Gasteiger partial charge is 0.444 e. The summed E-state index contributed by atoms with van der Waals surface area (Å²) in [6, 6.07) is 5.96. The van der Waals surface area contributed by atoms with E-state index in [9.17, 15) is 9.59 Å². The predicted octanol–water partition coefficient (Wildman–Crippen LogP) is 5.10. The Balaban J connectivity index is 1.62. The summed E-state index contributed by atoms with van der Waals surface area (Å²) in [5, 5.41) is 1.47. The zero-order valence-corrected chi connectivity index (χ0v) is 21.8. The number of aromatic amines is 1. The van der Waals surface area contributed by atoms with Crippen LogP contribution in [0, 0.1) is 0 Å². The molecular formula is C27H31ClN4O4. The third kappa shape index (κ3) is 4.80. The second-order valence-corrected chi connectivity index (χ2v) is 10.8. The van der Waals surface area contributed by atoms with E-state index in [2.05, 4.69) is 22.1 Å². The van der Waals surface area contributed by atoms with Gasteiger partial charge in [-0.05, 0) is 61.6 Å². The molecule has 1 fully saturated rings. The first-order valence-electron chi connectivity index (χ1n) is 12.2. The minimum absolute atomic E-state index is 0.0383. The van der Waals surface area contributed by atoms with Gasteiger partial charge in [0.05, 0.1) is 24.3 Å². The van der Waals surface area contributed by atoms with Gasteiger partial charge in [0.25, 0.3) is 0 Å². The van der Waals surface area contributed by atoms with Crippen molar-refractivity contribution >= 4 is 34.6 Å². The Kier molecular flexibility index (Phi) is 6.43. The molecule has 8 nitrogen and oxygen atoms in total. The van der Waals surface area contributed by atoms with Crippen LogP contribution in [0.2, 0.25) is 5.02 Å². The van der Waals surface area contributed by atoms with Gasteiger partial charge in [-0.25, -0.2) is 9.78 Å². The number of nitrogens with one attached hydrogen (secondary N) is 1. The average molecular weight is 511 g/mol. The summed E-state index contributed by atoms with van der Waals surface area (Å²) in [6.45, 7) is 9.58. The van der Waals surface area contributed by atoms with E-state index in [4.69, 9.17) is 21.1 Å². The number of amides is 2. The molecule has 1 N–H and O–H groups in total. The Morgan fingerprint density at radius 1 is 1.19 bits per heavy atom. The lowest BCUT2D eigenvalue weighted by Crippen LogP contribution is -2.46. The monoisotopic (exact) mass is 510 g/mol. The van der Waals surface area contributed by atoms with Crippen LogP contribution >= 0.6 is 11.6 Å². The van der Waals surface area contributed by atoms with Crippen LogP contribution in [0.5, 0.6) is 0 Å². The molecule has 0 spiro atoms. The number of morpholine rings is 1. The number of ether oxygens (including phenoxy) is 2. The Morgan fingerprint density at radius 3 is 2.75 bits per heavy atom. The second-order valence-electron chi connectivity index (χ2n) is 10.4. The molecule has 1 aromatic carbocycles. The Bertz CT molecular complexity index is 1330. The highest BCUT2D eigenvalue weighted by atomic mass is 35.5. The molecule has 2 amide bonds. The highest BCUT2D eigenvalue weighted by Crippen LogP contribution is 2.37. The van der Waals surface area contributed by atoms with Gasteiger partial charge in [-0.15, -0.1) is 0 Å². The van der Waals surface area contributed by atoms with Crippen LogP contribution in [-0.2, 0) is 27.2 Å². The summed E-state index contributed by atoms with van der Waals surface area (Å²) in [6.07, 6.45) is 3.93. The Morgan fingerprint density at radius 2 is 2.00 bits per heavy atom. The van der Waals surface area contributed by atoms with E-state index < -0.39 is 5.60 Å². The van der Waals surface area contributed by atoms with E-state index in [1.807, 2.05) is 37.9 Å². The summed E-state index contributed by atoms with van der Waals surface area (Å²) >= 11 is 6.37. The Hall–Kier alpha value is -3.10. The van der Waals surface area contributed by atoms with Crippen molar-refractivity contribution in [1.82, 2.24) is 19.8 Å². The van der Waals surface area contributed by atoms with Crippen molar-refractivity contribution in [2.75, 3.05) is 26.3 Å². The lowest BCUT2D eigenvalue weighted by atomic mass is 9.87. The second kappa shape index (κ2) is 9.41. The average Bonchev–Trinajstić information content (AvgIpc) is 3.22. The third-order valence-electron chi connectivity index (χ3n) is 6.75. The van der Waals surface area contributed by atoms with Gasteiger partial charge in [-0.2, -0.15) is 0 Å². The SMILES string of the molecule is CC(=O)N1CCc2cc(-c3cnc4[nH]cc(Cl)c4c3)cc([C@@H]3COCCN3C(=O)OC(C)(C)C)c2C1. The fourth-order valence-corrected chi connectivity index (χ4v) is 5.16. The minimum atomic E-state index is -0.608. The number of rotatable bonds is 2. The number of benzene rings is 1. The van der Waals surface area contributed by atoms with Crippen LogP contribution in [-0.4, -0.2) is 63.7 Å². The van der Waals surface area contributed by atoms with Gasteiger partial charge in [0.2, 0.25) is 5.91 Å². The summed E-state index contributed by atoms with van der Waals surface area (Å²) in [5.41, 5.74) is 5.25. The number of halogens is 1. The molecule has 2 aliphatic heterocycles. The fraction of sp³-hybridized carbons (Fsp3) is 0.444. The number of H-pyrrole nitrogens is 1. The molecule has 190 valence electrons. The van der Waals surface area contributed by atoms with Crippen LogP contribution in [0.25, 0.3) is 22.2 Å². The normalized spacial score (nSPS) is 18.3. The summed E-state index contributed by atoms with van der Waals surface area (Å²) < 4.78 is 11.6. The van der Waals surface area contributed by atoms with Crippen LogP contribution in [0.3, 0.4) is 0 Å². The number of carbonyl (C=O) groups excluding carboxylic acids is 2. The van der Waals surface area contributed by atoms with Gasteiger partial charge in [0.1, 0.15) is 11.2 Å². The van der Waals surface area contributed by atoms with E-state index in [1.54, 1.807) is 18.0 Å². The van der Waals surface area contributed by atoms with E-state index in [0.717, 1.165) is 45.3 Å². The fourth-order valence-electron chi connectivity index (χ4n) is 4.96. The molecule has 2 aromatic heterocycles. The quantitative estimate of drug-likeness (QED) is 0.518. The maximum atomic E-state index is 13.2. The molecular weight excluding hydrogens is 480 g/mol. The van der Waals surface area contributed by atoms with E-state index in [1.165, 1.54) is 0 Å². The number of aromatic nitrogens is 2. The maximum Gasteiger partial charge on any atom is 0.410 e. The first-order valence-corrected chi connectivity index (χ1v) is 12.6. The highest BCUT2D eigenvalue weighted by Gasteiger charge is 2.35. The molecule has 2 aliphatic rings. The molecule has 36 heavy (non-hydrogen) atoms. The lowest BCUT2D eigenvalue weighted by molar-refractivity contribution is -0.129. The van der Waals surface area contributed by atoms with Gasteiger partial charge in [0, 0.05) is 49.9 Å². The molecule has 5 rings (SSSR count). The minimum Gasteiger partial charge on any atom is -0.444 e. The van der Waals surface area contributed by atoms with Crippen LogP contribution < -0.4 is 0 Å². The molecule has 4 heterocycles. The standard InChI is InChI=1S/C27H31ClN4O4/c1-16(33)31-6-5-17-9-18(19-11-21-23(28)13-30-25(21)29-12-19)10-20(22(17)14-31)24-15-35-8-7-32(24)26(34)36-27(2,3)4/h9-13,24H,5-8,14-15H2,1-4H3,(H,29,30)/t24-/m0/s1. The lowest BCUT2D eigenvalue weighted by Gasteiger charge is -2.39. The van der Waals surface area contributed by atoms with Crippen molar-refractivity contribution in [2.24, 2.45) is 0 Å². The van der Waals surface area contributed by atoms with Crippen LogP contribution in [0.15, 0.2) is 30.6 Å². The smallest absolute Gasteiger partial charge is 0.410 e. The van der Waals surface area contributed by atoms with Crippen molar-refractivity contribution in [3.8, 4) is 11.1 Å². The highest BCUT2D eigenvalue weighted by molar-refractivity contribution is 6.35. The number of hydrogen-bond acceptors (Lipinski definition) is 5. The third-order valence-corrected chi connectivity index (χ3v) is 7.06. The van der Waals surface area contributed by atoms with E-state index in [-0.39, 0.29) is 18.0 Å². The zero-order chi connectivity index (χ0) is 25.6. The van der Waals surface area contributed by atoms with E-state index in [0.29, 0.717) is 37.9 Å². The molecule has 0 unspecified atom stereocenters. The number of fused-ring (bicyclic) bond motifs is 2. The molecule has 1 atom stereocenters. The van der Waals surface area contributed by atoms with Gasteiger partial charge in [-0.1, -0.05) is 17.7 Å². The molecule has 0 aliphatic carbocycles. The first-order chi connectivity index (χ1) is 17.1. The molecule has 0 radical (unpaired) electrons. The summed E-state index contributed by atoms with van der Waals surface area (Å²) in [7, 11) is 0. The molecule has 9 heteroatoms. The molecule has 0 saturated carbocycles. The van der Waals surface area contributed by atoms with Crippen LogP contribution in [0.4, 0.5) is 4.79 Å². The van der Waals surface area contributed by atoms with Gasteiger partial charge in [-0.3, -0.25) is 9.69 Å². The van der Waals surface area contributed by atoms with Crippen molar-refractivity contribution < 1.29 is 19.1 Å². The first kappa shape index (κ1) is 24.6. The molecule has 3 aromatic rings. The van der Waals surface area contributed by atoms with Gasteiger partial charge in [0.15, 0.2) is 0 Å². The van der Waals surface area contributed by atoms with Crippen molar-refractivity contribution in [3.05, 3.63) is 52.3 Å². The number of pyridine rings is 1. The molecule has 0 bridgehead atoms. The number of nitrogens with zero attached hydrogens (tertiary/aromatic N) is 3. The van der Waals surface area contributed by atoms with Gasteiger partial charge < -0.3 is 19.4 Å². The predicted molar refractivity (Wildman–Crippen MR) is 138 cm³/mol. The van der Waals surface area contributed by atoms with Crippen LogP contribution in [0.1, 0.15) is 50.4 Å². The zero-order valence-electron chi connectivity index (χ0n) is 21.1. The van der Waals surface area contributed by atoms with Crippen molar-refractivity contribution in [3.63, 3.8) is 0 Å². The summed E-state index contributed by atoms with van der Waals surface area (Å²) in [4.78, 5) is 36.7. The van der Waals surface area contributed by atoms with E-state index >= 15 is 0 Å². The number of carbonyl (C=O) groups is 2. The Labute approximate surface area is 215 Å². The summed E-state index contributed by atoms with van der Waals surface area (Å²) in [5.74, 6) is 0.0383. The number of hydrogen-bond donors (Lipinski definition) is 1. The van der Waals surface area contributed by atoms with Crippen molar-refractivity contribution in [2.45, 2.75) is 52.3 Å². The van der Waals surface area contributed by atoms with Crippen molar-refractivity contribution in [1.29, 1.82) is 0 Å². The van der Waals surface area contributed by atoms with Gasteiger partial charge >= 0.3 is 6.09 Å². The maximum absolute atomic E-state index is 13.2. The topological polar surface area (TPSA) is 87.8 Å².